The number of carbonyl (C=O) groups is 1. The summed E-state index contributed by atoms with van der Waals surface area (Å²) in [7, 11) is 0. The second-order valence-corrected chi connectivity index (χ2v) is 11.9. The molecule has 0 spiro atoms. The largest absolute Gasteiger partial charge is 0.416 e. The molecule has 0 atom stereocenters. The van der Waals surface area contributed by atoms with Gasteiger partial charge in [-0.15, -0.1) is 11.3 Å². The first-order chi connectivity index (χ1) is 21.2. The summed E-state index contributed by atoms with van der Waals surface area (Å²) in [6, 6.07) is 32.6. The summed E-state index contributed by atoms with van der Waals surface area (Å²) in [5.41, 5.74) is 3.35. The number of benzene rings is 4. The van der Waals surface area contributed by atoms with E-state index in [1.807, 2.05) is 82.6 Å². The first-order valence-electron chi connectivity index (χ1n) is 14.2. The molecule has 226 valence electrons. The van der Waals surface area contributed by atoms with Crippen LogP contribution in [0.15, 0.2) is 115 Å². The van der Waals surface area contributed by atoms with E-state index in [-0.39, 0.29) is 12.5 Å². The van der Waals surface area contributed by atoms with Crippen LogP contribution in [0.5, 0.6) is 0 Å². The highest BCUT2D eigenvalue weighted by Crippen LogP contribution is 2.30. The fourth-order valence-electron chi connectivity index (χ4n) is 4.92. The fourth-order valence-corrected chi connectivity index (χ4v) is 5.86. The number of nitrogens with zero attached hydrogens (tertiary/aromatic N) is 3. The van der Waals surface area contributed by atoms with Crippen molar-refractivity contribution in [2.75, 3.05) is 6.54 Å². The lowest BCUT2D eigenvalue weighted by atomic mass is 10.1. The molecule has 0 saturated heterocycles. The molecule has 1 heterocycles. The summed E-state index contributed by atoms with van der Waals surface area (Å²) in [5.74, 6) is -0.158. The summed E-state index contributed by atoms with van der Waals surface area (Å²) in [6.07, 6.45) is -3.71. The van der Waals surface area contributed by atoms with Gasteiger partial charge >= 0.3 is 6.18 Å². The van der Waals surface area contributed by atoms with Crippen molar-refractivity contribution in [2.45, 2.75) is 38.8 Å². The zero-order chi connectivity index (χ0) is 30.9. The number of halogens is 4. The van der Waals surface area contributed by atoms with Crippen molar-refractivity contribution >= 4 is 28.8 Å². The summed E-state index contributed by atoms with van der Waals surface area (Å²) >= 11 is 7.44. The van der Waals surface area contributed by atoms with Crippen LogP contribution < -0.4 is 0 Å². The molecule has 0 aliphatic rings. The third kappa shape index (κ3) is 9.02. The van der Waals surface area contributed by atoms with Crippen molar-refractivity contribution in [2.24, 2.45) is 0 Å². The molecule has 0 unspecified atom stereocenters. The highest BCUT2D eigenvalue weighted by molar-refractivity contribution is 7.09. The molecule has 0 aliphatic heterocycles. The molecule has 1 amide bonds. The smallest absolute Gasteiger partial charge is 0.333 e. The van der Waals surface area contributed by atoms with Crippen LogP contribution in [0.3, 0.4) is 0 Å². The van der Waals surface area contributed by atoms with Gasteiger partial charge in [0.15, 0.2) is 0 Å². The highest BCUT2D eigenvalue weighted by atomic mass is 35.5. The van der Waals surface area contributed by atoms with Crippen LogP contribution in [-0.4, -0.2) is 27.2 Å². The minimum Gasteiger partial charge on any atom is -0.333 e. The average molecular weight is 634 g/mol. The standard InChI is InChI=1S/C35H31ClF3N3OS/c36-31-16-14-28(15-17-31)21-41(22-29-12-7-13-30(20-29)35(37,38)39)24-33-40-32(25-44-33)34(43)42(23-27-10-5-2-6-11-27)19-18-26-8-3-1-4-9-26/h1-17,20,25H,18-19,21-24H2. The zero-order valence-electron chi connectivity index (χ0n) is 23.9. The molecule has 0 aliphatic carbocycles. The third-order valence-corrected chi connectivity index (χ3v) is 8.21. The van der Waals surface area contributed by atoms with Crippen LogP contribution in [0.4, 0.5) is 13.2 Å². The lowest BCUT2D eigenvalue weighted by Crippen LogP contribution is -2.33. The van der Waals surface area contributed by atoms with E-state index in [9.17, 15) is 18.0 Å². The van der Waals surface area contributed by atoms with Crippen molar-refractivity contribution in [3.63, 3.8) is 0 Å². The lowest BCUT2D eigenvalue weighted by Gasteiger charge is -2.23. The van der Waals surface area contributed by atoms with Gasteiger partial charge in [0.05, 0.1) is 12.1 Å². The van der Waals surface area contributed by atoms with Gasteiger partial charge < -0.3 is 4.90 Å². The number of aromatic nitrogens is 1. The number of thiazole rings is 1. The molecular formula is C35H31ClF3N3OS. The number of alkyl halides is 3. The maximum absolute atomic E-state index is 13.8. The number of hydrogen-bond acceptors (Lipinski definition) is 4. The van der Waals surface area contributed by atoms with E-state index >= 15 is 0 Å². The molecule has 5 aromatic rings. The van der Waals surface area contributed by atoms with Crippen molar-refractivity contribution in [3.8, 4) is 0 Å². The van der Waals surface area contributed by atoms with Gasteiger partial charge in [-0.2, -0.15) is 13.2 Å². The van der Waals surface area contributed by atoms with E-state index < -0.39 is 11.7 Å². The van der Waals surface area contributed by atoms with Crippen LogP contribution in [0.2, 0.25) is 5.02 Å². The predicted molar refractivity (Wildman–Crippen MR) is 169 cm³/mol. The fraction of sp³-hybridized carbons (Fsp3) is 0.200. The van der Waals surface area contributed by atoms with Crippen LogP contribution >= 0.6 is 22.9 Å². The topological polar surface area (TPSA) is 36.4 Å². The summed E-state index contributed by atoms with van der Waals surface area (Å²) in [6.45, 7) is 2.08. The quantitative estimate of drug-likeness (QED) is 0.138. The molecule has 0 fully saturated rings. The Morgan fingerprint density at radius 3 is 2.02 bits per heavy atom. The number of rotatable bonds is 12. The van der Waals surface area contributed by atoms with Gasteiger partial charge in [-0.1, -0.05) is 103 Å². The maximum atomic E-state index is 13.8. The Kier molecular flexibility index (Phi) is 10.5. The molecule has 44 heavy (non-hydrogen) atoms. The van der Waals surface area contributed by atoms with E-state index in [0.717, 1.165) is 22.8 Å². The zero-order valence-corrected chi connectivity index (χ0v) is 25.5. The molecule has 0 radical (unpaired) electrons. The Labute approximate surface area is 264 Å². The van der Waals surface area contributed by atoms with E-state index in [4.69, 9.17) is 16.6 Å². The van der Waals surface area contributed by atoms with E-state index in [0.29, 0.717) is 53.9 Å². The van der Waals surface area contributed by atoms with Crippen LogP contribution in [0, 0.1) is 0 Å². The Morgan fingerprint density at radius 2 is 1.34 bits per heavy atom. The molecule has 9 heteroatoms. The van der Waals surface area contributed by atoms with Crippen molar-refractivity contribution < 1.29 is 18.0 Å². The van der Waals surface area contributed by atoms with E-state index in [1.165, 1.54) is 23.5 Å². The van der Waals surface area contributed by atoms with Crippen molar-refractivity contribution in [1.29, 1.82) is 0 Å². The van der Waals surface area contributed by atoms with Gasteiger partial charge in [0.25, 0.3) is 5.91 Å². The molecule has 0 N–H and O–H groups in total. The Bertz CT molecular complexity index is 1640. The Balaban J connectivity index is 1.34. The second-order valence-electron chi connectivity index (χ2n) is 10.5. The molecule has 4 aromatic carbocycles. The van der Waals surface area contributed by atoms with Crippen LogP contribution in [-0.2, 0) is 38.8 Å². The summed E-state index contributed by atoms with van der Waals surface area (Å²) < 4.78 is 40.2. The summed E-state index contributed by atoms with van der Waals surface area (Å²) in [5, 5.41) is 3.08. The molecule has 5 rings (SSSR count). The number of amides is 1. The minimum atomic E-state index is -4.42. The summed E-state index contributed by atoms with van der Waals surface area (Å²) in [4.78, 5) is 22.3. The third-order valence-electron chi connectivity index (χ3n) is 7.13. The van der Waals surface area contributed by atoms with Gasteiger partial charge in [0, 0.05) is 36.6 Å². The first kappa shape index (κ1) is 31.4. The van der Waals surface area contributed by atoms with Gasteiger partial charge in [0.2, 0.25) is 0 Å². The lowest BCUT2D eigenvalue weighted by molar-refractivity contribution is -0.137. The van der Waals surface area contributed by atoms with E-state index in [2.05, 4.69) is 0 Å². The second kappa shape index (κ2) is 14.7. The Hall–Kier alpha value is -3.98. The van der Waals surface area contributed by atoms with E-state index in [1.54, 1.807) is 23.6 Å². The van der Waals surface area contributed by atoms with Gasteiger partial charge in [0.1, 0.15) is 10.7 Å². The maximum Gasteiger partial charge on any atom is 0.416 e. The number of carbonyl (C=O) groups excluding carboxylic acids is 1. The van der Waals surface area contributed by atoms with Crippen LogP contribution in [0.1, 0.15) is 43.3 Å². The number of hydrogen-bond donors (Lipinski definition) is 0. The average Bonchev–Trinajstić information content (AvgIpc) is 3.49. The van der Waals surface area contributed by atoms with Crippen LogP contribution in [0.25, 0.3) is 0 Å². The SMILES string of the molecule is O=C(c1csc(CN(Cc2ccc(Cl)cc2)Cc2cccc(C(F)(F)F)c2)n1)N(CCc1ccccc1)Cc1ccccc1. The molecular weight excluding hydrogens is 603 g/mol. The minimum absolute atomic E-state index is 0.158. The van der Waals surface area contributed by atoms with Gasteiger partial charge in [-0.3, -0.25) is 9.69 Å². The highest BCUT2D eigenvalue weighted by Gasteiger charge is 2.30. The molecule has 0 bridgehead atoms. The normalized spacial score (nSPS) is 11.6. The Morgan fingerprint density at radius 1 is 0.727 bits per heavy atom. The molecule has 4 nitrogen and oxygen atoms in total. The van der Waals surface area contributed by atoms with Crippen molar-refractivity contribution in [1.82, 2.24) is 14.8 Å². The molecule has 0 saturated carbocycles. The molecule has 1 aromatic heterocycles. The van der Waals surface area contributed by atoms with Gasteiger partial charge in [-0.25, -0.2) is 4.98 Å². The monoisotopic (exact) mass is 633 g/mol. The predicted octanol–water partition coefficient (Wildman–Crippen LogP) is 8.90. The first-order valence-corrected chi connectivity index (χ1v) is 15.4. The van der Waals surface area contributed by atoms with Gasteiger partial charge in [-0.05, 0) is 46.9 Å². The van der Waals surface area contributed by atoms with Crippen molar-refractivity contribution in [3.05, 3.63) is 158 Å².